The summed E-state index contributed by atoms with van der Waals surface area (Å²) in [6, 6.07) is 0. The smallest absolute Gasteiger partial charge is 0.306 e. The Balaban J connectivity index is 4.37. The van der Waals surface area contributed by atoms with E-state index >= 15 is 0 Å². The van der Waals surface area contributed by atoms with Crippen LogP contribution in [0.5, 0.6) is 0 Å². The maximum absolute atomic E-state index is 12.9. The Bertz CT molecular complexity index is 1320. The van der Waals surface area contributed by atoms with Crippen molar-refractivity contribution in [1.29, 1.82) is 0 Å². The van der Waals surface area contributed by atoms with Gasteiger partial charge in [0.15, 0.2) is 6.10 Å². The van der Waals surface area contributed by atoms with Crippen LogP contribution < -0.4 is 0 Å². The van der Waals surface area contributed by atoms with Crippen LogP contribution >= 0.6 is 0 Å². The SMILES string of the molecule is CC\C=C/C=C\C=C/C=C\CCCCCCCC(=O)OCC(COC(=O)CCCCCCCCCCCC/C=C\C=C/CCCCC)OC(=O)CCCCCCCCCCCCCCCCCCCCC. The monoisotopic (exact) mass is 991 g/mol. The molecular weight excluding hydrogens is 877 g/mol. The van der Waals surface area contributed by atoms with Gasteiger partial charge in [-0.25, -0.2) is 0 Å². The lowest BCUT2D eigenvalue weighted by Gasteiger charge is -2.18. The van der Waals surface area contributed by atoms with Crippen molar-refractivity contribution in [2.75, 3.05) is 13.2 Å². The van der Waals surface area contributed by atoms with Crippen LogP contribution in [-0.4, -0.2) is 37.2 Å². The molecule has 0 saturated carbocycles. The van der Waals surface area contributed by atoms with E-state index in [0.717, 1.165) is 83.5 Å². The Morgan fingerprint density at radius 2 is 0.549 bits per heavy atom. The van der Waals surface area contributed by atoms with E-state index in [0.29, 0.717) is 19.3 Å². The summed E-state index contributed by atoms with van der Waals surface area (Å²) in [5.41, 5.74) is 0. The molecule has 0 aromatic carbocycles. The van der Waals surface area contributed by atoms with Gasteiger partial charge in [-0.1, -0.05) is 293 Å². The second kappa shape index (κ2) is 59.4. The van der Waals surface area contributed by atoms with Crippen molar-refractivity contribution in [2.24, 2.45) is 0 Å². The zero-order valence-corrected chi connectivity index (χ0v) is 47.0. The largest absolute Gasteiger partial charge is 0.462 e. The summed E-state index contributed by atoms with van der Waals surface area (Å²) >= 11 is 0. The first-order valence-electron chi connectivity index (χ1n) is 30.5. The highest BCUT2D eigenvalue weighted by atomic mass is 16.6. The van der Waals surface area contributed by atoms with Crippen molar-refractivity contribution in [3.8, 4) is 0 Å². The van der Waals surface area contributed by atoms with Crippen LogP contribution in [0, 0.1) is 0 Å². The Labute approximate surface area is 440 Å². The zero-order chi connectivity index (χ0) is 51.4. The van der Waals surface area contributed by atoms with Crippen LogP contribution in [0.2, 0.25) is 0 Å². The van der Waals surface area contributed by atoms with Gasteiger partial charge >= 0.3 is 17.9 Å². The topological polar surface area (TPSA) is 78.9 Å². The predicted molar refractivity (Wildman–Crippen MR) is 307 cm³/mol. The molecule has 0 saturated heterocycles. The Morgan fingerprint density at radius 3 is 0.901 bits per heavy atom. The molecule has 0 amide bonds. The first-order chi connectivity index (χ1) is 35.0. The molecule has 0 bridgehead atoms. The van der Waals surface area contributed by atoms with E-state index in [2.05, 4.69) is 75.5 Å². The van der Waals surface area contributed by atoms with Gasteiger partial charge in [-0.2, -0.15) is 0 Å². The van der Waals surface area contributed by atoms with E-state index in [9.17, 15) is 14.4 Å². The maximum atomic E-state index is 12.9. The highest BCUT2D eigenvalue weighted by molar-refractivity contribution is 5.71. The Morgan fingerprint density at radius 1 is 0.296 bits per heavy atom. The molecular formula is C65H114O6. The molecule has 0 aliphatic heterocycles. The number of carbonyl (C=O) groups is 3. The second-order valence-electron chi connectivity index (χ2n) is 20.4. The van der Waals surface area contributed by atoms with Crippen LogP contribution in [0.15, 0.2) is 72.9 Å². The van der Waals surface area contributed by atoms with Crippen molar-refractivity contribution >= 4 is 17.9 Å². The molecule has 1 atom stereocenters. The number of rotatable bonds is 55. The predicted octanol–water partition coefficient (Wildman–Crippen LogP) is 20.5. The van der Waals surface area contributed by atoms with Gasteiger partial charge in [-0.05, 0) is 64.2 Å². The molecule has 0 aromatic rings. The zero-order valence-electron chi connectivity index (χ0n) is 47.0. The molecule has 410 valence electrons. The van der Waals surface area contributed by atoms with Crippen LogP contribution in [0.25, 0.3) is 0 Å². The number of hydrogen-bond acceptors (Lipinski definition) is 6. The lowest BCUT2D eigenvalue weighted by molar-refractivity contribution is -0.167. The maximum Gasteiger partial charge on any atom is 0.306 e. The lowest BCUT2D eigenvalue weighted by atomic mass is 10.0. The summed E-state index contributed by atoms with van der Waals surface area (Å²) in [6.07, 6.45) is 76.1. The van der Waals surface area contributed by atoms with Gasteiger partial charge in [0.1, 0.15) is 13.2 Å². The summed E-state index contributed by atoms with van der Waals surface area (Å²) in [5.74, 6) is -0.895. The molecule has 0 spiro atoms. The number of hydrogen-bond donors (Lipinski definition) is 0. The van der Waals surface area contributed by atoms with Crippen LogP contribution in [0.3, 0.4) is 0 Å². The second-order valence-corrected chi connectivity index (χ2v) is 20.4. The van der Waals surface area contributed by atoms with Crippen LogP contribution in [0.1, 0.15) is 303 Å². The summed E-state index contributed by atoms with van der Waals surface area (Å²) in [7, 11) is 0. The third-order valence-electron chi connectivity index (χ3n) is 13.3. The standard InChI is InChI=1S/C65H114O6/c1-4-7-10-13-16-19-22-25-28-30-32-34-37-40-43-46-49-52-55-58-64(67)70-61-62(60-69-63(66)57-54-51-48-45-42-39-36-27-24-21-18-15-12-9-6-3)71-65(68)59-56-53-50-47-44-41-38-35-33-31-29-26-23-20-17-14-11-8-5-2/h9,12,15-16,18-19,21-22,24-25,27,36,62H,4-8,10-11,13-14,17,20,23,26,28-35,37-61H2,1-3H3/b12-9-,18-15-,19-16-,24-21-,25-22-,36-27-. The van der Waals surface area contributed by atoms with Crippen molar-refractivity contribution in [1.82, 2.24) is 0 Å². The first-order valence-corrected chi connectivity index (χ1v) is 30.5. The molecule has 0 aromatic heterocycles. The van der Waals surface area contributed by atoms with E-state index in [1.807, 2.05) is 18.2 Å². The number of ether oxygens (including phenoxy) is 3. The van der Waals surface area contributed by atoms with Crippen LogP contribution in [-0.2, 0) is 28.6 Å². The van der Waals surface area contributed by atoms with Gasteiger partial charge in [0, 0.05) is 19.3 Å². The molecule has 6 heteroatoms. The van der Waals surface area contributed by atoms with E-state index in [1.54, 1.807) is 0 Å². The minimum absolute atomic E-state index is 0.0826. The molecule has 6 nitrogen and oxygen atoms in total. The summed E-state index contributed by atoms with van der Waals surface area (Å²) in [5, 5.41) is 0. The van der Waals surface area contributed by atoms with Crippen LogP contribution in [0.4, 0.5) is 0 Å². The highest BCUT2D eigenvalue weighted by Crippen LogP contribution is 2.17. The minimum Gasteiger partial charge on any atom is -0.462 e. The molecule has 0 radical (unpaired) electrons. The Hall–Kier alpha value is -3.15. The fourth-order valence-corrected chi connectivity index (χ4v) is 8.74. The van der Waals surface area contributed by atoms with Gasteiger partial charge in [0.2, 0.25) is 0 Å². The minimum atomic E-state index is -0.786. The normalized spacial score (nSPS) is 12.5. The van der Waals surface area contributed by atoms with Crippen molar-refractivity contribution in [2.45, 2.75) is 309 Å². The first kappa shape index (κ1) is 67.8. The van der Waals surface area contributed by atoms with Crippen molar-refractivity contribution < 1.29 is 28.6 Å². The summed E-state index contributed by atoms with van der Waals surface area (Å²) in [4.78, 5) is 38.3. The fourth-order valence-electron chi connectivity index (χ4n) is 8.74. The third kappa shape index (κ3) is 57.6. The molecule has 0 fully saturated rings. The average Bonchev–Trinajstić information content (AvgIpc) is 3.37. The van der Waals surface area contributed by atoms with Crippen molar-refractivity contribution in [3.63, 3.8) is 0 Å². The van der Waals surface area contributed by atoms with Gasteiger partial charge in [0.05, 0.1) is 0 Å². The number of esters is 3. The number of allylic oxidation sites excluding steroid dienone is 12. The molecule has 0 N–H and O–H groups in total. The van der Waals surface area contributed by atoms with E-state index in [1.165, 1.54) is 180 Å². The van der Waals surface area contributed by atoms with E-state index in [4.69, 9.17) is 14.2 Å². The lowest BCUT2D eigenvalue weighted by Crippen LogP contribution is -2.30. The quantitative estimate of drug-likeness (QED) is 0.0261. The highest BCUT2D eigenvalue weighted by Gasteiger charge is 2.19. The fraction of sp³-hybridized carbons (Fsp3) is 0.769. The van der Waals surface area contributed by atoms with E-state index in [-0.39, 0.29) is 31.1 Å². The Kier molecular flexibility index (Phi) is 56.8. The number of carbonyl (C=O) groups excluding carboxylic acids is 3. The third-order valence-corrected chi connectivity index (χ3v) is 13.3. The molecule has 0 heterocycles. The number of unbranched alkanes of at least 4 members (excludes halogenated alkanes) is 36. The average molecular weight is 992 g/mol. The molecule has 1 unspecified atom stereocenters. The van der Waals surface area contributed by atoms with E-state index < -0.39 is 6.10 Å². The molecule has 71 heavy (non-hydrogen) atoms. The van der Waals surface area contributed by atoms with Gasteiger partial charge < -0.3 is 14.2 Å². The van der Waals surface area contributed by atoms with Gasteiger partial charge in [-0.3, -0.25) is 14.4 Å². The molecule has 0 aliphatic rings. The molecule has 0 rings (SSSR count). The van der Waals surface area contributed by atoms with Crippen molar-refractivity contribution in [3.05, 3.63) is 72.9 Å². The summed E-state index contributed by atoms with van der Waals surface area (Å²) < 4.78 is 16.9. The molecule has 0 aliphatic carbocycles. The van der Waals surface area contributed by atoms with Gasteiger partial charge in [-0.15, -0.1) is 0 Å². The summed E-state index contributed by atoms with van der Waals surface area (Å²) in [6.45, 7) is 6.49. The van der Waals surface area contributed by atoms with Gasteiger partial charge in [0.25, 0.3) is 0 Å².